The summed E-state index contributed by atoms with van der Waals surface area (Å²) in [5.41, 5.74) is 0.758. The molecule has 23 heavy (non-hydrogen) atoms. The molecule has 3 rings (SSSR count). The third-order valence-electron chi connectivity index (χ3n) is 3.15. The smallest absolute Gasteiger partial charge is 0.249 e. The second-order valence-corrected chi connectivity index (χ2v) is 5.86. The molecule has 0 unspecified atom stereocenters. The summed E-state index contributed by atoms with van der Waals surface area (Å²) in [5.74, 6) is 0.0680. The van der Waals surface area contributed by atoms with Crippen LogP contribution in [0.4, 0.5) is 10.2 Å². The molecule has 0 saturated carbocycles. The van der Waals surface area contributed by atoms with Crippen LogP contribution >= 0.6 is 11.3 Å². The monoisotopic (exact) mass is 327 g/mol. The minimum atomic E-state index is -0.302. The first kappa shape index (κ1) is 15.2. The Hall–Kier alpha value is -2.73. The Morgan fingerprint density at radius 3 is 2.83 bits per heavy atom. The molecule has 0 bridgehead atoms. The van der Waals surface area contributed by atoms with E-state index in [4.69, 9.17) is 0 Å². The number of rotatable bonds is 5. The summed E-state index contributed by atoms with van der Waals surface area (Å²) in [6, 6.07) is 11.7. The van der Waals surface area contributed by atoms with Gasteiger partial charge in [0, 0.05) is 17.0 Å². The van der Waals surface area contributed by atoms with Crippen LogP contribution < -0.4 is 5.32 Å². The highest BCUT2D eigenvalue weighted by Crippen LogP contribution is 2.14. The molecular formula is C17H14FN3OS. The van der Waals surface area contributed by atoms with Crippen LogP contribution in [-0.4, -0.2) is 15.7 Å². The minimum Gasteiger partial charge on any atom is -0.307 e. The predicted octanol–water partition coefficient (Wildman–Crippen LogP) is 3.78. The summed E-state index contributed by atoms with van der Waals surface area (Å²) < 4.78 is 14.6. The zero-order valence-electron chi connectivity index (χ0n) is 12.1. The standard InChI is InChI=1S/C17H14FN3OS/c18-14-6-3-13(4-7-14)5-8-17(22)20-16-9-10-19-21(16)12-15-2-1-11-23-15/h1-11H,12H2,(H,20,22)/b8-5+. The van der Waals surface area contributed by atoms with Crippen LogP contribution in [0.5, 0.6) is 0 Å². The summed E-state index contributed by atoms with van der Waals surface area (Å²) >= 11 is 1.64. The predicted molar refractivity (Wildman–Crippen MR) is 89.7 cm³/mol. The fraction of sp³-hybridized carbons (Fsp3) is 0.0588. The van der Waals surface area contributed by atoms with Gasteiger partial charge < -0.3 is 5.32 Å². The second-order valence-electron chi connectivity index (χ2n) is 4.83. The van der Waals surface area contributed by atoms with Gasteiger partial charge in [-0.1, -0.05) is 18.2 Å². The van der Waals surface area contributed by atoms with Crippen LogP contribution in [0.1, 0.15) is 10.4 Å². The maximum atomic E-state index is 12.8. The van der Waals surface area contributed by atoms with E-state index < -0.39 is 0 Å². The van der Waals surface area contributed by atoms with Crippen molar-refractivity contribution in [3.8, 4) is 0 Å². The van der Waals surface area contributed by atoms with E-state index in [2.05, 4.69) is 10.4 Å². The first-order chi connectivity index (χ1) is 11.2. The molecule has 2 aromatic heterocycles. The molecule has 0 aliphatic carbocycles. The van der Waals surface area contributed by atoms with Crippen molar-refractivity contribution in [2.75, 3.05) is 5.32 Å². The molecule has 0 radical (unpaired) electrons. The van der Waals surface area contributed by atoms with Gasteiger partial charge in [0.2, 0.25) is 5.91 Å². The quantitative estimate of drug-likeness (QED) is 0.725. The molecular weight excluding hydrogens is 313 g/mol. The lowest BCUT2D eigenvalue weighted by Crippen LogP contribution is -2.13. The molecule has 6 heteroatoms. The Morgan fingerprint density at radius 1 is 1.26 bits per heavy atom. The van der Waals surface area contributed by atoms with Gasteiger partial charge in [-0.25, -0.2) is 9.07 Å². The largest absolute Gasteiger partial charge is 0.307 e. The molecule has 0 saturated heterocycles. The topological polar surface area (TPSA) is 46.9 Å². The van der Waals surface area contributed by atoms with Crippen LogP contribution in [0.25, 0.3) is 6.08 Å². The van der Waals surface area contributed by atoms with E-state index in [1.165, 1.54) is 18.2 Å². The molecule has 0 spiro atoms. The summed E-state index contributed by atoms with van der Waals surface area (Å²) in [4.78, 5) is 13.2. The van der Waals surface area contributed by atoms with Crippen molar-refractivity contribution in [2.24, 2.45) is 0 Å². The summed E-state index contributed by atoms with van der Waals surface area (Å²) in [6.07, 6.45) is 4.69. The minimum absolute atomic E-state index is 0.262. The van der Waals surface area contributed by atoms with Crippen molar-refractivity contribution in [3.63, 3.8) is 0 Å². The van der Waals surface area contributed by atoms with Crippen LogP contribution in [0.3, 0.4) is 0 Å². The van der Waals surface area contributed by atoms with E-state index in [0.29, 0.717) is 12.4 Å². The molecule has 0 aliphatic rings. The van der Waals surface area contributed by atoms with E-state index in [0.717, 1.165) is 10.4 Å². The van der Waals surface area contributed by atoms with Gasteiger partial charge in [0.25, 0.3) is 0 Å². The first-order valence-electron chi connectivity index (χ1n) is 6.99. The highest BCUT2D eigenvalue weighted by molar-refractivity contribution is 7.09. The van der Waals surface area contributed by atoms with E-state index >= 15 is 0 Å². The average Bonchev–Trinajstić information content (AvgIpc) is 3.20. The van der Waals surface area contributed by atoms with Crippen molar-refractivity contribution in [2.45, 2.75) is 6.54 Å². The third-order valence-corrected chi connectivity index (χ3v) is 4.01. The van der Waals surface area contributed by atoms with Gasteiger partial charge in [0.15, 0.2) is 0 Å². The number of anilines is 1. The van der Waals surface area contributed by atoms with Gasteiger partial charge in [-0.15, -0.1) is 11.3 Å². The number of thiophene rings is 1. The summed E-state index contributed by atoms with van der Waals surface area (Å²) in [7, 11) is 0. The molecule has 116 valence electrons. The molecule has 2 heterocycles. The molecule has 1 N–H and O–H groups in total. The van der Waals surface area contributed by atoms with E-state index in [-0.39, 0.29) is 11.7 Å². The number of amides is 1. The van der Waals surface area contributed by atoms with Crippen LogP contribution in [0, 0.1) is 5.82 Å². The molecule has 4 nitrogen and oxygen atoms in total. The first-order valence-corrected chi connectivity index (χ1v) is 7.87. The number of hydrogen-bond acceptors (Lipinski definition) is 3. The number of carbonyl (C=O) groups excluding carboxylic acids is 1. The Morgan fingerprint density at radius 2 is 2.09 bits per heavy atom. The number of halogens is 1. The van der Waals surface area contributed by atoms with Gasteiger partial charge in [-0.05, 0) is 35.2 Å². The number of aromatic nitrogens is 2. The zero-order valence-corrected chi connectivity index (χ0v) is 13.0. The van der Waals surface area contributed by atoms with Crippen molar-refractivity contribution >= 4 is 29.1 Å². The number of nitrogens with one attached hydrogen (secondary N) is 1. The maximum absolute atomic E-state index is 12.8. The third kappa shape index (κ3) is 4.14. The second kappa shape index (κ2) is 7.02. The molecule has 3 aromatic rings. The van der Waals surface area contributed by atoms with Crippen molar-refractivity contribution < 1.29 is 9.18 Å². The van der Waals surface area contributed by atoms with Crippen molar-refractivity contribution in [1.82, 2.24) is 9.78 Å². The van der Waals surface area contributed by atoms with Crippen LogP contribution in [0.2, 0.25) is 0 Å². The average molecular weight is 327 g/mol. The van der Waals surface area contributed by atoms with Crippen molar-refractivity contribution in [1.29, 1.82) is 0 Å². The Bertz CT molecular complexity index is 807. The van der Waals surface area contributed by atoms with E-state index in [9.17, 15) is 9.18 Å². The fourth-order valence-corrected chi connectivity index (χ4v) is 2.71. The highest BCUT2D eigenvalue weighted by Gasteiger charge is 2.06. The SMILES string of the molecule is O=C(/C=C/c1ccc(F)cc1)Nc1ccnn1Cc1cccs1. The molecule has 0 aliphatic heterocycles. The molecule has 0 atom stereocenters. The van der Waals surface area contributed by atoms with E-state index in [1.807, 2.05) is 17.5 Å². The van der Waals surface area contributed by atoms with Gasteiger partial charge >= 0.3 is 0 Å². The summed E-state index contributed by atoms with van der Waals surface area (Å²) in [6.45, 7) is 0.613. The summed E-state index contributed by atoms with van der Waals surface area (Å²) in [5, 5.41) is 9.01. The maximum Gasteiger partial charge on any atom is 0.249 e. The fourth-order valence-electron chi connectivity index (χ4n) is 2.03. The van der Waals surface area contributed by atoms with Crippen LogP contribution in [0.15, 0.2) is 60.1 Å². The van der Waals surface area contributed by atoms with Gasteiger partial charge in [0.05, 0.1) is 12.7 Å². The Labute approximate surface area is 136 Å². The number of hydrogen-bond donors (Lipinski definition) is 1. The van der Waals surface area contributed by atoms with Crippen molar-refractivity contribution in [3.05, 3.63) is 76.4 Å². The lowest BCUT2D eigenvalue weighted by atomic mass is 10.2. The Kier molecular flexibility index (Phi) is 4.63. The normalized spacial score (nSPS) is 11.0. The van der Waals surface area contributed by atoms with Gasteiger partial charge in [-0.3, -0.25) is 4.79 Å². The van der Waals surface area contributed by atoms with E-state index in [1.54, 1.807) is 46.5 Å². The molecule has 0 fully saturated rings. The molecule has 1 aromatic carbocycles. The number of nitrogens with zero attached hydrogens (tertiary/aromatic N) is 2. The number of benzene rings is 1. The number of carbonyl (C=O) groups is 1. The Balaban J connectivity index is 1.64. The van der Waals surface area contributed by atoms with Gasteiger partial charge in [0.1, 0.15) is 11.6 Å². The zero-order chi connectivity index (χ0) is 16.1. The van der Waals surface area contributed by atoms with Gasteiger partial charge in [-0.2, -0.15) is 5.10 Å². The molecule has 1 amide bonds. The lowest BCUT2D eigenvalue weighted by molar-refractivity contribution is -0.111. The highest BCUT2D eigenvalue weighted by atomic mass is 32.1. The lowest BCUT2D eigenvalue weighted by Gasteiger charge is -2.06. The van der Waals surface area contributed by atoms with Crippen LogP contribution in [-0.2, 0) is 11.3 Å².